The Morgan fingerprint density at radius 3 is 2.53 bits per heavy atom. The first kappa shape index (κ1) is 14.1. The van der Waals surface area contributed by atoms with Gasteiger partial charge in [-0.1, -0.05) is 6.08 Å². The SMILES string of the molecule is CC=CC(=O)NCCOCCOCCN. The summed E-state index contributed by atoms with van der Waals surface area (Å²) in [7, 11) is 0. The van der Waals surface area contributed by atoms with E-state index in [4.69, 9.17) is 15.2 Å². The number of nitrogens with two attached hydrogens (primary N) is 1. The van der Waals surface area contributed by atoms with E-state index in [1.807, 2.05) is 0 Å². The molecule has 0 aromatic heterocycles. The Labute approximate surface area is 90.6 Å². The highest BCUT2D eigenvalue weighted by molar-refractivity contribution is 5.87. The van der Waals surface area contributed by atoms with Crippen LogP contribution in [0.1, 0.15) is 6.92 Å². The van der Waals surface area contributed by atoms with E-state index in [-0.39, 0.29) is 5.91 Å². The highest BCUT2D eigenvalue weighted by atomic mass is 16.5. The molecule has 5 heteroatoms. The lowest BCUT2D eigenvalue weighted by Gasteiger charge is -2.05. The van der Waals surface area contributed by atoms with Crippen molar-refractivity contribution in [2.45, 2.75) is 6.92 Å². The monoisotopic (exact) mass is 216 g/mol. The van der Waals surface area contributed by atoms with Gasteiger partial charge < -0.3 is 20.5 Å². The second kappa shape index (κ2) is 11.2. The number of carbonyl (C=O) groups excluding carboxylic acids is 1. The van der Waals surface area contributed by atoms with Crippen LogP contribution in [0, 0.1) is 0 Å². The third-order valence-corrected chi connectivity index (χ3v) is 1.50. The van der Waals surface area contributed by atoms with E-state index >= 15 is 0 Å². The second-order valence-corrected chi connectivity index (χ2v) is 2.80. The van der Waals surface area contributed by atoms with Gasteiger partial charge in [0, 0.05) is 13.1 Å². The van der Waals surface area contributed by atoms with Crippen molar-refractivity contribution in [3.05, 3.63) is 12.2 Å². The van der Waals surface area contributed by atoms with Gasteiger partial charge in [0.05, 0.1) is 26.4 Å². The van der Waals surface area contributed by atoms with Gasteiger partial charge in [-0.2, -0.15) is 0 Å². The normalized spacial score (nSPS) is 10.8. The standard InChI is InChI=1S/C10H20N2O3/c1-2-3-10(13)12-5-7-15-9-8-14-6-4-11/h2-3H,4-9,11H2,1H3,(H,12,13). The molecule has 1 amide bonds. The van der Waals surface area contributed by atoms with E-state index in [9.17, 15) is 4.79 Å². The topological polar surface area (TPSA) is 73.6 Å². The van der Waals surface area contributed by atoms with Gasteiger partial charge in [-0.15, -0.1) is 0 Å². The molecule has 0 rings (SSSR count). The molecule has 0 aromatic carbocycles. The zero-order valence-corrected chi connectivity index (χ0v) is 9.20. The van der Waals surface area contributed by atoms with Crippen LogP contribution >= 0.6 is 0 Å². The Morgan fingerprint density at radius 2 is 1.93 bits per heavy atom. The van der Waals surface area contributed by atoms with Gasteiger partial charge in [-0.3, -0.25) is 4.79 Å². The number of allylic oxidation sites excluding steroid dienone is 1. The van der Waals surface area contributed by atoms with Crippen molar-refractivity contribution in [3.8, 4) is 0 Å². The first-order chi connectivity index (χ1) is 7.31. The molecule has 0 saturated carbocycles. The molecule has 0 aliphatic heterocycles. The maximum Gasteiger partial charge on any atom is 0.243 e. The quantitative estimate of drug-likeness (QED) is 0.409. The highest BCUT2D eigenvalue weighted by Crippen LogP contribution is 1.78. The van der Waals surface area contributed by atoms with Crippen LogP contribution in [0.3, 0.4) is 0 Å². The molecule has 5 nitrogen and oxygen atoms in total. The van der Waals surface area contributed by atoms with Gasteiger partial charge >= 0.3 is 0 Å². The van der Waals surface area contributed by atoms with Gasteiger partial charge in [0.15, 0.2) is 0 Å². The zero-order valence-electron chi connectivity index (χ0n) is 9.20. The lowest BCUT2D eigenvalue weighted by Crippen LogP contribution is -2.25. The third-order valence-electron chi connectivity index (χ3n) is 1.50. The minimum absolute atomic E-state index is 0.0968. The summed E-state index contributed by atoms with van der Waals surface area (Å²) >= 11 is 0. The lowest BCUT2D eigenvalue weighted by molar-refractivity contribution is -0.116. The van der Waals surface area contributed by atoms with Crippen LogP contribution < -0.4 is 11.1 Å². The van der Waals surface area contributed by atoms with E-state index in [1.54, 1.807) is 13.0 Å². The Kier molecular flexibility index (Phi) is 10.5. The molecular formula is C10H20N2O3. The minimum Gasteiger partial charge on any atom is -0.378 e. The minimum atomic E-state index is -0.0968. The molecular weight excluding hydrogens is 196 g/mol. The van der Waals surface area contributed by atoms with E-state index in [2.05, 4.69) is 5.32 Å². The molecule has 0 saturated heterocycles. The lowest BCUT2D eigenvalue weighted by atomic mass is 10.5. The van der Waals surface area contributed by atoms with Crippen LogP contribution in [0.4, 0.5) is 0 Å². The molecule has 0 atom stereocenters. The smallest absolute Gasteiger partial charge is 0.243 e. The van der Waals surface area contributed by atoms with Crippen LogP contribution in [0.15, 0.2) is 12.2 Å². The fraction of sp³-hybridized carbons (Fsp3) is 0.700. The van der Waals surface area contributed by atoms with Crippen molar-refractivity contribution in [3.63, 3.8) is 0 Å². The van der Waals surface area contributed by atoms with Gasteiger partial charge in [0.25, 0.3) is 0 Å². The number of amides is 1. The summed E-state index contributed by atoms with van der Waals surface area (Å²) in [6.07, 6.45) is 3.17. The molecule has 0 aliphatic rings. The molecule has 0 aromatic rings. The van der Waals surface area contributed by atoms with Crippen molar-refractivity contribution < 1.29 is 14.3 Å². The van der Waals surface area contributed by atoms with Gasteiger partial charge in [0.2, 0.25) is 5.91 Å². The number of hydrogen-bond acceptors (Lipinski definition) is 4. The van der Waals surface area contributed by atoms with E-state index < -0.39 is 0 Å². The van der Waals surface area contributed by atoms with E-state index in [0.717, 1.165) is 0 Å². The van der Waals surface area contributed by atoms with Crippen LogP contribution in [-0.4, -0.2) is 45.4 Å². The first-order valence-electron chi connectivity index (χ1n) is 5.07. The summed E-state index contributed by atoms with van der Waals surface area (Å²) in [4.78, 5) is 10.9. The molecule has 0 fully saturated rings. The maximum absolute atomic E-state index is 10.9. The second-order valence-electron chi connectivity index (χ2n) is 2.80. The zero-order chi connectivity index (χ0) is 11.4. The van der Waals surface area contributed by atoms with Crippen molar-refractivity contribution >= 4 is 5.91 Å². The summed E-state index contributed by atoms with van der Waals surface area (Å²) in [5.74, 6) is -0.0968. The van der Waals surface area contributed by atoms with Crippen LogP contribution in [-0.2, 0) is 14.3 Å². The number of rotatable bonds is 9. The molecule has 15 heavy (non-hydrogen) atoms. The first-order valence-corrected chi connectivity index (χ1v) is 5.07. The van der Waals surface area contributed by atoms with Crippen LogP contribution in [0.2, 0.25) is 0 Å². The largest absolute Gasteiger partial charge is 0.378 e. The number of hydrogen-bond donors (Lipinski definition) is 2. The molecule has 0 heterocycles. The van der Waals surface area contributed by atoms with Crippen molar-refractivity contribution in [2.75, 3.05) is 39.5 Å². The Bertz CT molecular complexity index is 184. The highest BCUT2D eigenvalue weighted by Gasteiger charge is 1.93. The fourth-order valence-electron chi connectivity index (χ4n) is 0.862. The van der Waals surface area contributed by atoms with Crippen LogP contribution in [0.5, 0.6) is 0 Å². The van der Waals surface area contributed by atoms with Crippen molar-refractivity contribution in [1.29, 1.82) is 0 Å². The summed E-state index contributed by atoms with van der Waals surface area (Å²) < 4.78 is 10.3. The predicted octanol–water partition coefficient (Wildman–Crippen LogP) is -0.329. The summed E-state index contributed by atoms with van der Waals surface area (Å²) in [5, 5.41) is 2.67. The van der Waals surface area contributed by atoms with Crippen molar-refractivity contribution in [2.24, 2.45) is 5.73 Å². The number of carbonyl (C=O) groups is 1. The van der Waals surface area contributed by atoms with Gasteiger partial charge in [-0.05, 0) is 13.0 Å². The Balaban J connectivity index is 3.08. The van der Waals surface area contributed by atoms with E-state index in [0.29, 0.717) is 39.5 Å². The molecule has 0 aliphatic carbocycles. The van der Waals surface area contributed by atoms with Crippen molar-refractivity contribution in [1.82, 2.24) is 5.32 Å². The molecule has 0 bridgehead atoms. The molecule has 3 N–H and O–H groups in total. The molecule has 0 spiro atoms. The average Bonchev–Trinajstić information content (AvgIpc) is 2.22. The van der Waals surface area contributed by atoms with Gasteiger partial charge in [0.1, 0.15) is 0 Å². The molecule has 88 valence electrons. The predicted molar refractivity (Wildman–Crippen MR) is 58.5 cm³/mol. The van der Waals surface area contributed by atoms with Crippen LogP contribution in [0.25, 0.3) is 0 Å². The average molecular weight is 216 g/mol. The number of ether oxygens (including phenoxy) is 2. The summed E-state index contributed by atoms with van der Waals surface area (Å²) in [6, 6.07) is 0. The summed E-state index contributed by atoms with van der Waals surface area (Å²) in [5.41, 5.74) is 5.23. The van der Waals surface area contributed by atoms with E-state index in [1.165, 1.54) is 6.08 Å². The summed E-state index contributed by atoms with van der Waals surface area (Å²) in [6.45, 7) is 4.96. The Morgan fingerprint density at radius 1 is 1.27 bits per heavy atom. The van der Waals surface area contributed by atoms with Gasteiger partial charge in [-0.25, -0.2) is 0 Å². The number of nitrogens with one attached hydrogen (secondary N) is 1. The fourth-order valence-corrected chi connectivity index (χ4v) is 0.862. The molecule has 0 unspecified atom stereocenters. The maximum atomic E-state index is 10.9. The Hall–Kier alpha value is -0.910. The third kappa shape index (κ3) is 11.0. The molecule has 0 radical (unpaired) electrons.